The normalized spacial score (nSPS) is 13.7. The molecule has 3 aromatic rings. The van der Waals surface area contributed by atoms with E-state index in [0.717, 1.165) is 18.4 Å². The molecule has 30 heavy (non-hydrogen) atoms. The van der Waals surface area contributed by atoms with Gasteiger partial charge in [0.2, 0.25) is 0 Å². The van der Waals surface area contributed by atoms with Gasteiger partial charge < -0.3 is 20.5 Å². The number of amides is 1. The summed E-state index contributed by atoms with van der Waals surface area (Å²) < 4.78 is 11.3. The van der Waals surface area contributed by atoms with E-state index in [1.807, 2.05) is 12.1 Å². The first-order chi connectivity index (χ1) is 14.5. The van der Waals surface area contributed by atoms with E-state index in [2.05, 4.69) is 11.4 Å². The average molecular weight is 399 g/mol. The molecule has 0 atom stereocenters. The van der Waals surface area contributed by atoms with Crippen molar-refractivity contribution in [3.05, 3.63) is 77.9 Å². The van der Waals surface area contributed by atoms with Gasteiger partial charge in [-0.15, -0.1) is 0 Å². The zero-order valence-corrected chi connectivity index (χ0v) is 16.5. The van der Waals surface area contributed by atoms with Crippen molar-refractivity contribution in [2.75, 3.05) is 18.2 Å². The summed E-state index contributed by atoms with van der Waals surface area (Å²) in [5, 5.41) is 12.3. The van der Waals surface area contributed by atoms with Crippen molar-refractivity contribution in [2.24, 2.45) is 0 Å². The lowest BCUT2D eigenvalue weighted by atomic mass is 9.96. The summed E-state index contributed by atoms with van der Waals surface area (Å²) in [6.45, 7) is 0. The molecule has 1 aliphatic carbocycles. The van der Waals surface area contributed by atoms with Crippen molar-refractivity contribution >= 4 is 17.3 Å². The molecule has 0 aliphatic heterocycles. The predicted octanol–water partition coefficient (Wildman–Crippen LogP) is 4.88. The van der Waals surface area contributed by atoms with E-state index in [1.54, 1.807) is 61.7 Å². The molecule has 1 aliphatic rings. The van der Waals surface area contributed by atoms with Gasteiger partial charge >= 0.3 is 0 Å². The van der Waals surface area contributed by atoms with Crippen LogP contribution in [0.25, 0.3) is 0 Å². The lowest BCUT2D eigenvalue weighted by Crippen LogP contribution is -2.13. The minimum absolute atomic E-state index is 0.255. The quantitative estimate of drug-likeness (QED) is 0.576. The summed E-state index contributed by atoms with van der Waals surface area (Å²) in [7, 11) is 1.55. The second-order valence-electron chi connectivity index (χ2n) is 7.27. The number of nitrogens with two attached hydrogens (primary N) is 1. The minimum atomic E-state index is -0.434. The highest BCUT2D eigenvalue weighted by atomic mass is 16.5. The smallest absolute Gasteiger partial charge is 0.255 e. The van der Waals surface area contributed by atoms with Crippen molar-refractivity contribution in [1.82, 2.24) is 0 Å². The molecule has 1 fully saturated rings. The Morgan fingerprint density at radius 1 is 1.07 bits per heavy atom. The van der Waals surface area contributed by atoms with Crippen LogP contribution in [0.1, 0.15) is 28.8 Å². The van der Waals surface area contributed by atoms with Gasteiger partial charge in [-0.1, -0.05) is 12.1 Å². The summed E-state index contributed by atoms with van der Waals surface area (Å²) >= 11 is 0. The molecule has 6 heteroatoms. The SMILES string of the molecule is COc1ccc(NC(=O)c2cccc(C3(C#N)CC3)c2)cc1Oc1ccc(N)cc1. The molecule has 3 N–H and O–H groups in total. The summed E-state index contributed by atoms with van der Waals surface area (Å²) in [6.07, 6.45) is 1.66. The lowest BCUT2D eigenvalue weighted by molar-refractivity contribution is 0.102. The molecule has 150 valence electrons. The van der Waals surface area contributed by atoms with Crippen molar-refractivity contribution in [3.63, 3.8) is 0 Å². The Morgan fingerprint density at radius 2 is 1.83 bits per heavy atom. The van der Waals surface area contributed by atoms with Crippen LogP contribution >= 0.6 is 0 Å². The zero-order chi connectivity index (χ0) is 21.1. The van der Waals surface area contributed by atoms with E-state index in [-0.39, 0.29) is 5.91 Å². The summed E-state index contributed by atoms with van der Waals surface area (Å²) in [6, 6.07) is 21.8. The maximum Gasteiger partial charge on any atom is 0.255 e. The highest BCUT2D eigenvalue weighted by Crippen LogP contribution is 2.47. The Morgan fingerprint density at radius 3 is 2.50 bits per heavy atom. The highest BCUT2D eigenvalue weighted by Gasteiger charge is 2.45. The van der Waals surface area contributed by atoms with Gasteiger partial charge in [-0.3, -0.25) is 4.79 Å². The van der Waals surface area contributed by atoms with E-state index in [0.29, 0.717) is 34.2 Å². The van der Waals surface area contributed by atoms with Crippen LogP contribution in [-0.2, 0) is 5.41 Å². The first kappa shape index (κ1) is 19.3. The molecule has 0 bridgehead atoms. The van der Waals surface area contributed by atoms with Gasteiger partial charge in [0.1, 0.15) is 5.75 Å². The molecule has 0 saturated heterocycles. The molecular formula is C24H21N3O3. The van der Waals surface area contributed by atoms with Gasteiger partial charge in [0.05, 0.1) is 18.6 Å². The fourth-order valence-corrected chi connectivity index (χ4v) is 3.25. The number of anilines is 2. The monoisotopic (exact) mass is 399 g/mol. The van der Waals surface area contributed by atoms with Crippen molar-refractivity contribution in [1.29, 1.82) is 5.26 Å². The molecular weight excluding hydrogens is 378 g/mol. The van der Waals surface area contributed by atoms with Crippen LogP contribution in [0.5, 0.6) is 17.2 Å². The number of hydrogen-bond donors (Lipinski definition) is 2. The van der Waals surface area contributed by atoms with Crippen LogP contribution in [0.3, 0.4) is 0 Å². The molecule has 0 aromatic heterocycles. The average Bonchev–Trinajstić information content (AvgIpc) is 3.57. The second-order valence-corrected chi connectivity index (χ2v) is 7.27. The number of methoxy groups -OCH3 is 1. The first-order valence-electron chi connectivity index (χ1n) is 9.57. The van der Waals surface area contributed by atoms with Gasteiger partial charge in [0.25, 0.3) is 5.91 Å². The largest absolute Gasteiger partial charge is 0.493 e. The zero-order valence-electron chi connectivity index (χ0n) is 16.5. The third kappa shape index (κ3) is 3.91. The summed E-state index contributed by atoms with van der Waals surface area (Å²) in [5.74, 6) is 1.35. The van der Waals surface area contributed by atoms with Crippen molar-refractivity contribution in [3.8, 4) is 23.3 Å². The van der Waals surface area contributed by atoms with E-state index < -0.39 is 5.41 Å². The van der Waals surface area contributed by atoms with E-state index in [1.165, 1.54) is 0 Å². The number of carbonyl (C=O) groups is 1. The Labute approximate surface area is 174 Å². The maximum absolute atomic E-state index is 12.8. The molecule has 0 unspecified atom stereocenters. The summed E-state index contributed by atoms with van der Waals surface area (Å²) in [5.41, 5.74) is 7.88. The molecule has 0 heterocycles. The molecule has 0 spiro atoms. The maximum atomic E-state index is 12.8. The molecule has 6 nitrogen and oxygen atoms in total. The van der Waals surface area contributed by atoms with Crippen LogP contribution in [0, 0.1) is 11.3 Å². The highest BCUT2D eigenvalue weighted by molar-refractivity contribution is 6.04. The van der Waals surface area contributed by atoms with Crippen molar-refractivity contribution in [2.45, 2.75) is 18.3 Å². The topological polar surface area (TPSA) is 97.4 Å². The predicted molar refractivity (Wildman–Crippen MR) is 115 cm³/mol. The lowest BCUT2D eigenvalue weighted by Gasteiger charge is -2.13. The van der Waals surface area contributed by atoms with E-state index in [9.17, 15) is 10.1 Å². The van der Waals surface area contributed by atoms with Gasteiger partial charge in [-0.25, -0.2) is 0 Å². The van der Waals surface area contributed by atoms with Gasteiger partial charge in [0, 0.05) is 23.0 Å². The number of benzene rings is 3. The Bertz CT molecular complexity index is 1130. The van der Waals surface area contributed by atoms with Crippen LogP contribution in [0.2, 0.25) is 0 Å². The molecule has 1 saturated carbocycles. The number of ether oxygens (including phenoxy) is 2. The van der Waals surface area contributed by atoms with Crippen LogP contribution in [-0.4, -0.2) is 13.0 Å². The molecule has 4 rings (SSSR count). The molecule has 0 radical (unpaired) electrons. The van der Waals surface area contributed by atoms with E-state index >= 15 is 0 Å². The minimum Gasteiger partial charge on any atom is -0.493 e. The number of carbonyl (C=O) groups excluding carboxylic acids is 1. The van der Waals surface area contributed by atoms with Gasteiger partial charge in [0.15, 0.2) is 11.5 Å². The Kier molecular flexibility index (Phi) is 5.03. The van der Waals surface area contributed by atoms with Crippen LogP contribution in [0.4, 0.5) is 11.4 Å². The van der Waals surface area contributed by atoms with Crippen LogP contribution in [0.15, 0.2) is 66.7 Å². The fourth-order valence-electron chi connectivity index (χ4n) is 3.25. The first-order valence-corrected chi connectivity index (χ1v) is 9.57. The van der Waals surface area contributed by atoms with Crippen LogP contribution < -0.4 is 20.5 Å². The third-order valence-corrected chi connectivity index (χ3v) is 5.17. The third-order valence-electron chi connectivity index (χ3n) is 5.17. The Hall–Kier alpha value is -3.98. The fraction of sp³-hybridized carbons (Fsp3) is 0.167. The van der Waals surface area contributed by atoms with Gasteiger partial charge in [-0.05, 0) is 66.9 Å². The molecule has 1 amide bonds. The summed E-state index contributed by atoms with van der Waals surface area (Å²) in [4.78, 5) is 12.8. The number of nitrogen functional groups attached to an aromatic ring is 1. The Balaban J connectivity index is 1.55. The molecule has 3 aromatic carbocycles. The standard InChI is InChI=1S/C24H21N3O3/c1-29-21-10-7-19(14-22(21)30-20-8-5-18(26)6-9-20)27-23(28)16-3-2-4-17(13-16)24(15-25)11-12-24/h2-10,13-14H,11-12,26H2,1H3,(H,27,28). The van der Waals surface area contributed by atoms with Gasteiger partial charge in [-0.2, -0.15) is 5.26 Å². The number of nitriles is 1. The van der Waals surface area contributed by atoms with Crippen molar-refractivity contribution < 1.29 is 14.3 Å². The second kappa shape index (κ2) is 7.80. The van der Waals surface area contributed by atoms with E-state index in [4.69, 9.17) is 15.2 Å². The number of nitrogens with one attached hydrogen (secondary N) is 1. The number of rotatable bonds is 6. The number of nitrogens with zero attached hydrogens (tertiary/aromatic N) is 1. The number of hydrogen-bond acceptors (Lipinski definition) is 5.